The molecule has 4 heteroatoms. The molecule has 1 aromatic carbocycles. The van der Waals surface area contributed by atoms with Crippen LogP contribution in [0.5, 0.6) is 0 Å². The smallest absolute Gasteiger partial charge is 0.268 e. The molecule has 0 aliphatic carbocycles. The first kappa shape index (κ1) is 13.5. The summed E-state index contributed by atoms with van der Waals surface area (Å²) in [6.07, 6.45) is 5.70. The maximum Gasteiger partial charge on any atom is 0.300 e. The summed E-state index contributed by atoms with van der Waals surface area (Å²) >= 11 is 0. The zero-order valence-corrected chi connectivity index (χ0v) is 12.8. The molecule has 0 atom stereocenters. The molecule has 0 spiro atoms. The van der Waals surface area contributed by atoms with Crippen molar-refractivity contribution in [3.63, 3.8) is 0 Å². The molecule has 2 aromatic heterocycles. The fraction of sp³-hybridized carbons (Fsp3) is 0.235. The van der Waals surface area contributed by atoms with Gasteiger partial charge in [-0.05, 0) is 37.6 Å². The Kier molecular flexibility index (Phi) is 3.29. The molecule has 0 aliphatic rings. The van der Waals surface area contributed by atoms with E-state index in [1.165, 1.54) is 16.7 Å². The highest BCUT2D eigenvalue weighted by Crippen LogP contribution is 2.27. The maximum atomic E-state index is 4.38. The van der Waals surface area contributed by atoms with Crippen LogP contribution in [0.2, 0.25) is 0 Å². The predicted molar refractivity (Wildman–Crippen MR) is 82.2 cm³/mol. The Morgan fingerprint density at radius 2 is 1.90 bits per heavy atom. The van der Waals surface area contributed by atoms with Crippen LogP contribution in [0.15, 0.2) is 42.9 Å². The molecule has 0 bridgehead atoms. The Balaban J connectivity index is 2.27. The lowest BCUT2D eigenvalue weighted by Crippen LogP contribution is -2.35. The summed E-state index contributed by atoms with van der Waals surface area (Å²) < 4.78 is 4.04. The second kappa shape index (κ2) is 5.13. The van der Waals surface area contributed by atoms with Gasteiger partial charge in [-0.2, -0.15) is 5.10 Å². The molecule has 0 amide bonds. The second-order valence-corrected chi connectivity index (χ2v) is 5.33. The standard InChI is InChI=1S/C17H19N4/c1-12-10-15(16-6-8-19-20(16)4)13(2)17(11-12)21-9-5-7-18-14(21)3/h5-11H,1-4H3/q+1. The van der Waals surface area contributed by atoms with Crippen molar-refractivity contribution in [1.82, 2.24) is 14.8 Å². The van der Waals surface area contributed by atoms with Crippen LogP contribution in [-0.2, 0) is 7.05 Å². The Labute approximate surface area is 124 Å². The van der Waals surface area contributed by atoms with E-state index in [0.717, 1.165) is 17.2 Å². The molecule has 21 heavy (non-hydrogen) atoms. The number of aromatic nitrogens is 4. The van der Waals surface area contributed by atoms with Crippen LogP contribution < -0.4 is 4.57 Å². The molecule has 0 radical (unpaired) electrons. The third-order valence-corrected chi connectivity index (χ3v) is 3.81. The van der Waals surface area contributed by atoms with Crippen LogP contribution in [0.1, 0.15) is 17.0 Å². The quantitative estimate of drug-likeness (QED) is 0.676. The van der Waals surface area contributed by atoms with Gasteiger partial charge < -0.3 is 0 Å². The summed E-state index contributed by atoms with van der Waals surface area (Å²) in [5.74, 6) is 0.974. The van der Waals surface area contributed by atoms with Crippen molar-refractivity contribution in [3.05, 3.63) is 59.8 Å². The molecule has 0 N–H and O–H groups in total. The van der Waals surface area contributed by atoms with Crippen molar-refractivity contribution < 1.29 is 4.57 Å². The molecule has 0 saturated carbocycles. The average Bonchev–Trinajstić information content (AvgIpc) is 2.88. The SMILES string of the molecule is Cc1cc(-c2ccnn2C)c(C)c(-[n+]2cccnc2C)c1. The number of nitrogens with zero attached hydrogens (tertiary/aromatic N) is 4. The maximum absolute atomic E-state index is 4.38. The first-order chi connectivity index (χ1) is 10.1. The highest BCUT2D eigenvalue weighted by molar-refractivity contribution is 5.68. The van der Waals surface area contributed by atoms with Gasteiger partial charge in [-0.25, -0.2) is 4.57 Å². The van der Waals surface area contributed by atoms with Crippen molar-refractivity contribution in [2.45, 2.75) is 20.8 Å². The Hall–Kier alpha value is -2.49. The van der Waals surface area contributed by atoms with E-state index in [0.29, 0.717) is 0 Å². The lowest BCUT2D eigenvalue weighted by atomic mass is 10.0. The van der Waals surface area contributed by atoms with Crippen molar-refractivity contribution in [2.75, 3.05) is 0 Å². The molecular weight excluding hydrogens is 260 g/mol. The molecule has 106 valence electrons. The highest BCUT2D eigenvalue weighted by atomic mass is 15.3. The molecule has 2 heterocycles. The minimum atomic E-state index is 0.974. The Bertz CT molecular complexity index is 802. The summed E-state index contributed by atoms with van der Waals surface area (Å²) in [5.41, 5.74) is 5.95. The summed E-state index contributed by atoms with van der Waals surface area (Å²) in [5, 5.41) is 4.28. The van der Waals surface area contributed by atoms with Gasteiger partial charge in [-0.15, -0.1) is 0 Å². The van der Waals surface area contributed by atoms with Gasteiger partial charge in [0.05, 0.1) is 5.69 Å². The van der Waals surface area contributed by atoms with E-state index in [1.54, 1.807) is 0 Å². The summed E-state index contributed by atoms with van der Waals surface area (Å²) in [4.78, 5) is 4.38. The topological polar surface area (TPSA) is 34.6 Å². The first-order valence-electron chi connectivity index (χ1n) is 7.01. The van der Waals surface area contributed by atoms with E-state index in [9.17, 15) is 0 Å². The van der Waals surface area contributed by atoms with E-state index in [2.05, 4.69) is 46.8 Å². The fourth-order valence-corrected chi connectivity index (χ4v) is 2.69. The summed E-state index contributed by atoms with van der Waals surface area (Å²) in [6.45, 7) is 6.29. The van der Waals surface area contributed by atoms with E-state index in [-0.39, 0.29) is 0 Å². The fourth-order valence-electron chi connectivity index (χ4n) is 2.69. The molecule has 0 fully saturated rings. The van der Waals surface area contributed by atoms with Gasteiger partial charge in [0.25, 0.3) is 5.82 Å². The van der Waals surface area contributed by atoms with Crippen molar-refractivity contribution in [2.24, 2.45) is 7.05 Å². The van der Waals surface area contributed by atoms with Gasteiger partial charge in [0.15, 0.2) is 0 Å². The summed E-state index contributed by atoms with van der Waals surface area (Å²) in [6, 6.07) is 8.41. The zero-order chi connectivity index (χ0) is 15.0. The number of aryl methyl sites for hydroxylation is 3. The lowest BCUT2D eigenvalue weighted by Gasteiger charge is -2.12. The number of hydrogen-bond acceptors (Lipinski definition) is 2. The molecular formula is C17H19N4+. The van der Waals surface area contributed by atoms with Crippen molar-refractivity contribution in [1.29, 1.82) is 0 Å². The molecule has 0 aliphatic heterocycles. The number of rotatable bonds is 2. The van der Waals surface area contributed by atoms with Crippen LogP contribution in [-0.4, -0.2) is 14.8 Å². The van der Waals surface area contributed by atoms with Gasteiger partial charge in [0.1, 0.15) is 18.1 Å². The Morgan fingerprint density at radius 1 is 1.10 bits per heavy atom. The van der Waals surface area contributed by atoms with E-state index < -0.39 is 0 Å². The van der Waals surface area contributed by atoms with Crippen LogP contribution in [0.3, 0.4) is 0 Å². The van der Waals surface area contributed by atoms with Crippen LogP contribution >= 0.6 is 0 Å². The number of benzene rings is 1. The van der Waals surface area contributed by atoms with Crippen LogP contribution in [0.4, 0.5) is 0 Å². The molecule has 0 saturated heterocycles. The third kappa shape index (κ3) is 2.33. The van der Waals surface area contributed by atoms with Gasteiger partial charge in [0, 0.05) is 37.4 Å². The molecule has 3 aromatic rings. The van der Waals surface area contributed by atoms with E-state index in [4.69, 9.17) is 0 Å². The molecule has 3 rings (SSSR count). The van der Waals surface area contributed by atoms with E-state index in [1.807, 2.05) is 43.2 Å². The van der Waals surface area contributed by atoms with Crippen LogP contribution in [0.25, 0.3) is 16.9 Å². The van der Waals surface area contributed by atoms with Crippen molar-refractivity contribution in [3.8, 4) is 16.9 Å². The predicted octanol–water partition coefficient (Wildman–Crippen LogP) is 2.68. The van der Waals surface area contributed by atoms with Crippen LogP contribution in [0, 0.1) is 20.8 Å². The lowest BCUT2D eigenvalue weighted by molar-refractivity contribution is -0.606. The highest BCUT2D eigenvalue weighted by Gasteiger charge is 2.16. The second-order valence-electron chi connectivity index (χ2n) is 5.33. The molecule has 4 nitrogen and oxygen atoms in total. The Morgan fingerprint density at radius 3 is 2.57 bits per heavy atom. The third-order valence-electron chi connectivity index (χ3n) is 3.81. The van der Waals surface area contributed by atoms with Gasteiger partial charge in [0.2, 0.25) is 0 Å². The van der Waals surface area contributed by atoms with Gasteiger partial charge >= 0.3 is 0 Å². The normalized spacial score (nSPS) is 10.9. The molecule has 0 unspecified atom stereocenters. The largest absolute Gasteiger partial charge is 0.300 e. The van der Waals surface area contributed by atoms with Gasteiger partial charge in [-0.3, -0.25) is 4.68 Å². The first-order valence-corrected chi connectivity index (χ1v) is 7.01. The minimum Gasteiger partial charge on any atom is -0.268 e. The average molecular weight is 279 g/mol. The number of hydrogen-bond donors (Lipinski definition) is 0. The summed E-state index contributed by atoms with van der Waals surface area (Å²) in [7, 11) is 1.97. The minimum absolute atomic E-state index is 0.974. The van der Waals surface area contributed by atoms with Crippen molar-refractivity contribution >= 4 is 0 Å². The monoisotopic (exact) mass is 279 g/mol. The van der Waals surface area contributed by atoms with E-state index >= 15 is 0 Å². The zero-order valence-electron chi connectivity index (χ0n) is 12.8. The van der Waals surface area contributed by atoms with Gasteiger partial charge in [-0.1, -0.05) is 4.98 Å².